The minimum Gasteiger partial charge on any atom is -0.437 e. The van der Waals surface area contributed by atoms with Gasteiger partial charge in [0.2, 0.25) is 0 Å². The van der Waals surface area contributed by atoms with Crippen LogP contribution < -0.4 is 4.74 Å². The van der Waals surface area contributed by atoms with Crippen molar-refractivity contribution in [3.05, 3.63) is 95.6 Å². The van der Waals surface area contributed by atoms with E-state index in [-0.39, 0.29) is 23.1 Å². The summed E-state index contributed by atoms with van der Waals surface area (Å²) in [6.45, 7) is 2.76. The molecule has 0 radical (unpaired) electrons. The second kappa shape index (κ2) is 9.91. The van der Waals surface area contributed by atoms with Crippen molar-refractivity contribution in [1.82, 2.24) is 15.1 Å². The molecule has 0 spiro atoms. The fourth-order valence-electron chi connectivity index (χ4n) is 3.63. The molecule has 0 aliphatic heterocycles. The molecule has 5 nitrogen and oxygen atoms in total. The van der Waals surface area contributed by atoms with Gasteiger partial charge in [-0.1, -0.05) is 54.6 Å². The van der Waals surface area contributed by atoms with Crippen molar-refractivity contribution in [2.45, 2.75) is 19.5 Å². The van der Waals surface area contributed by atoms with Crippen LogP contribution in [0.25, 0.3) is 10.9 Å². The van der Waals surface area contributed by atoms with Crippen LogP contribution in [0.1, 0.15) is 28.4 Å². The number of nitrogens with zero attached hydrogens (tertiary/aromatic N) is 3. The highest BCUT2D eigenvalue weighted by Crippen LogP contribution is 2.34. The van der Waals surface area contributed by atoms with Gasteiger partial charge >= 0.3 is 6.18 Å². The molecule has 8 heteroatoms. The Kier molecular flexibility index (Phi) is 6.77. The average Bonchev–Trinajstić information content (AvgIpc) is 2.84. The molecule has 0 N–H and O–H groups in total. The number of amides is 1. The van der Waals surface area contributed by atoms with Crippen LogP contribution in [0, 0.1) is 0 Å². The third-order valence-corrected chi connectivity index (χ3v) is 5.41. The minimum absolute atomic E-state index is 0.0826. The zero-order valence-corrected chi connectivity index (χ0v) is 18.4. The first-order valence-corrected chi connectivity index (χ1v) is 10.8. The van der Waals surface area contributed by atoms with Crippen LogP contribution in [-0.4, -0.2) is 34.1 Å². The van der Waals surface area contributed by atoms with E-state index < -0.39 is 11.7 Å². The maximum absolute atomic E-state index is 13.6. The second-order valence-corrected chi connectivity index (χ2v) is 7.65. The number of carbonyl (C=O) groups is 1. The Morgan fingerprint density at radius 2 is 1.68 bits per heavy atom. The van der Waals surface area contributed by atoms with Crippen LogP contribution in [0.4, 0.5) is 13.2 Å². The smallest absolute Gasteiger partial charge is 0.416 e. The first-order chi connectivity index (χ1) is 16.4. The van der Waals surface area contributed by atoms with Crippen molar-refractivity contribution in [3.8, 4) is 11.6 Å². The van der Waals surface area contributed by atoms with E-state index in [4.69, 9.17) is 4.74 Å². The number of fused-ring (bicyclic) bond motifs is 1. The van der Waals surface area contributed by atoms with Crippen molar-refractivity contribution in [2.75, 3.05) is 13.1 Å². The fourth-order valence-corrected chi connectivity index (χ4v) is 3.63. The van der Waals surface area contributed by atoms with E-state index in [1.165, 1.54) is 12.1 Å². The molecule has 1 amide bonds. The lowest BCUT2D eigenvalue weighted by Gasteiger charge is -2.22. The standard InChI is InChI=1S/C26H22F3N3O2/c1-2-32(16-15-18-9-4-3-5-10-18)25(33)23-21-13-6-7-14-22(21)30-31-24(23)34-20-12-8-11-19(17-20)26(27,28)29/h3-14,17H,2,15-16H2,1H3. The molecule has 0 bridgehead atoms. The summed E-state index contributed by atoms with van der Waals surface area (Å²) >= 11 is 0. The average molecular weight is 465 g/mol. The summed E-state index contributed by atoms with van der Waals surface area (Å²) in [6, 6.07) is 21.2. The van der Waals surface area contributed by atoms with Crippen LogP contribution in [0.2, 0.25) is 0 Å². The van der Waals surface area contributed by atoms with E-state index in [0.29, 0.717) is 30.4 Å². The van der Waals surface area contributed by atoms with Crippen LogP contribution in [-0.2, 0) is 12.6 Å². The summed E-state index contributed by atoms with van der Waals surface area (Å²) in [4.78, 5) is 15.3. The molecule has 0 saturated heterocycles. The Morgan fingerprint density at radius 3 is 2.41 bits per heavy atom. The summed E-state index contributed by atoms with van der Waals surface area (Å²) in [5, 5.41) is 8.67. The van der Waals surface area contributed by atoms with E-state index in [0.717, 1.165) is 17.7 Å². The summed E-state index contributed by atoms with van der Waals surface area (Å²) in [7, 11) is 0. The molecule has 174 valence electrons. The molecule has 4 rings (SSSR count). The SMILES string of the molecule is CCN(CCc1ccccc1)C(=O)c1c(Oc2cccc(C(F)(F)F)c2)nnc2ccccc12. The third kappa shape index (κ3) is 5.17. The number of hydrogen-bond acceptors (Lipinski definition) is 4. The Morgan fingerprint density at radius 1 is 0.941 bits per heavy atom. The normalized spacial score (nSPS) is 11.4. The molecule has 0 saturated carbocycles. The Labute approximate surface area is 194 Å². The molecule has 4 aromatic rings. The first kappa shape index (κ1) is 23.2. The molecule has 34 heavy (non-hydrogen) atoms. The number of carbonyl (C=O) groups excluding carboxylic acids is 1. The fraction of sp³-hybridized carbons (Fsp3) is 0.192. The van der Waals surface area contributed by atoms with Gasteiger partial charge in [-0.3, -0.25) is 4.79 Å². The number of ether oxygens (including phenoxy) is 1. The third-order valence-electron chi connectivity index (χ3n) is 5.41. The minimum atomic E-state index is -4.52. The number of alkyl halides is 3. The van der Waals surface area contributed by atoms with Crippen LogP contribution in [0.5, 0.6) is 11.6 Å². The first-order valence-electron chi connectivity index (χ1n) is 10.8. The maximum Gasteiger partial charge on any atom is 0.416 e. The summed E-state index contributed by atoms with van der Waals surface area (Å²) in [6.07, 6.45) is -3.87. The highest BCUT2D eigenvalue weighted by Gasteiger charge is 2.31. The summed E-state index contributed by atoms with van der Waals surface area (Å²) in [5.74, 6) is -0.548. The molecular formula is C26H22F3N3O2. The molecule has 0 fully saturated rings. The Bertz CT molecular complexity index is 1290. The Hall–Kier alpha value is -3.94. The van der Waals surface area contributed by atoms with Crippen molar-refractivity contribution >= 4 is 16.8 Å². The van der Waals surface area contributed by atoms with E-state index in [2.05, 4.69) is 10.2 Å². The molecule has 0 atom stereocenters. The van der Waals surface area contributed by atoms with Crippen molar-refractivity contribution in [3.63, 3.8) is 0 Å². The van der Waals surface area contributed by atoms with Gasteiger partial charge in [0.05, 0.1) is 11.1 Å². The van der Waals surface area contributed by atoms with Crippen molar-refractivity contribution in [2.24, 2.45) is 0 Å². The predicted molar refractivity (Wildman–Crippen MR) is 123 cm³/mol. The van der Waals surface area contributed by atoms with E-state index >= 15 is 0 Å². The molecule has 0 unspecified atom stereocenters. The van der Waals surface area contributed by atoms with Crippen LogP contribution in [0.3, 0.4) is 0 Å². The number of rotatable bonds is 7. The van der Waals surface area contributed by atoms with Gasteiger partial charge in [-0.25, -0.2) is 0 Å². The molecule has 1 aromatic heterocycles. The predicted octanol–water partition coefficient (Wildman–Crippen LogP) is 6.15. The zero-order valence-electron chi connectivity index (χ0n) is 18.4. The van der Waals surface area contributed by atoms with E-state index in [1.54, 1.807) is 29.2 Å². The summed E-state index contributed by atoms with van der Waals surface area (Å²) < 4.78 is 45.2. The largest absolute Gasteiger partial charge is 0.437 e. The molecule has 1 heterocycles. The highest BCUT2D eigenvalue weighted by molar-refractivity contribution is 6.07. The number of likely N-dealkylation sites (N-methyl/N-ethyl adjacent to an activating group) is 1. The number of halogens is 3. The molecule has 3 aromatic carbocycles. The van der Waals surface area contributed by atoms with Crippen molar-refractivity contribution in [1.29, 1.82) is 0 Å². The lowest BCUT2D eigenvalue weighted by molar-refractivity contribution is -0.137. The van der Waals surface area contributed by atoms with Gasteiger partial charge < -0.3 is 9.64 Å². The lowest BCUT2D eigenvalue weighted by Crippen LogP contribution is -2.33. The van der Waals surface area contributed by atoms with Gasteiger partial charge in [-0.05, 0) is 43.2 Å². The zero-order chi connectivity index (χ0) is 24.1. The van der Waals surface area contributed by atoms with Gasteiger partial charge in [0.25, 0.3) is 11.8 Å². The van der Waals surface area contributed by atoms with Gasteiger partial charge in [-0.2, -0.15) is 13.2 Å². The van der Waals surface area contributed by atoms with Gasteiger partial charge in [-0.15, -0.1) is 10.2 Å². The molecule has 0 aliphatic rings. The van der Waals surface area contributed by atoms with Crippen LogP contribution >= 0.6 is 0 Å². The van der Waals surface area contributed by atoms with E-state index in [1.807, 2.05) is 37.3 Å². The van der Waals surface area contributed by atoms with Gasteiger partial charge in [0.15, 0.2) is 0 Å². The number of aromatic nitrogens is 2. The maximum atomic E-state index is 13.6. The topological polar surface area (TPSA) is 55.3 Å². The summed E-state index contributed by atoms with van der Waals surface area (Å²) in [5.41, 5.74) is 0.885. The highest BCUT2D eigenvalue weighted by atomic mass is 19.4. The molecular weight excluding hydrogens is 443 g/mol. The monoisotopic (exact) mass is 465 g/mol. The van der Waals surface area contributed by atoms with E-state index in [9.17, 15) is 18.0 Å². The van der Waals surface area contributed by atoms with Gasteiger partial charge in [0, 0.05) is 18.5 Å². The van der Waals surface area contributed by atoms with Crippen LogP contribution in [0.15, 0.2) is 78.9 Å². The lowest BCUT2D eigenvalue weighted by atomic mass is 10.1. The molecule has 0 aliphatic carbocycles. The van der Waals surface area contributed by atoms with Gasteiger partial charge in [0.1, 0.15) is 11.3 Å². The van der Waals surface area contributed by atoms with Crippen molar-refractivity contribution < 1.29 is 22.7 Å². The number of hydrogen-bond donors (Lipinski definition) is 0. The second-order valence-electron chi connectivity index (χ2n) is 7.65. The number of benzene rings is 3. The quantitative estimate of drug-likeness (QED) is 0.329. The Balaban J connectivity index is 1.70.